The predicted octanol–water partition coefficient (Wildman–Crippen LogP) is 2.38. The number of hydrogen-bond donors (Lipinski definition) is 1. The standard InChI is InChI=1S/C10H19N3OS/c1-4-6-11-8(5-2)10-13-12-9(14-10)7-15-3/h8,11H,4-7H2,1-3H3. The topological polar surface area (TPSA) is 51.0 Å². The number of nitrogens with one attached hydrogen (secondary N) is 1. The van der Waals surface area contributed by atoms with Crippen LogP contribution in [-0.2, 0) is 5.75 Å². The van der Waals surface area contributed by atoms with Crippen molar-refractivity contribution in [2.24, 2.45) is 0 Å². The van der Waals surface area contributed by atoms with Crippen LogP contribution in [0, 0.1) is 0 Å². The quantitative estimate of drug-likeness (QED) is 0.778. The molecule has 1 heterocycles. The normalized spacial score (nSPS) is 13.0. The van der Waals surface area contributed by atoms with E-state index >= 15 is 0 Å². The van der Waals surface area contributed by atoms with Gasteiger partial charge in [-0.3, -0.25) is 0 Å². The molecule has 1 aromatic heterocycles. The lowest BCUT2D eigenvalue weighted by Crippen LogP contribution is -2.21. The average Bonchev–Trinajstić information content (AvgIpc) is 2.68. The van der Waals surface area contributed by atoms with Gasteiger partial charge < -0.3 is 9.73 Å². The highest BCUT2D eigenvalue weighted by molar-refractivity contribution is 7.97. The van der Waals surface area contributed by atoms with Crippen LogP contribution in [0.4, 0.5) is 0 Å². The zero-order valence-electron chi connectivity index (χ0n) is 9.62. The largest absolute Gasteiger partial charge is 0.423 e. The summed E-state index contributed by atoms with van der Waals surface area (Å²) in [6.07, 6.45) is 4.11. The van der Waals surface area contributed by atoms with Crippen molar-refractivity contribution in [3.63, 3.8) is 0 Å². The summed E-state index contributed by atoms with van der Waals surface area (Å²) in [7, 11) is 0. The second-order valence-electron chi connectivity index (χ2n) is 3.38. The van der Waals surface area contributed by atoms with E-state index in [0.29, 0.717) is 5.89 Å². The Balaban J connectivity index is 2.57. The maximum absolute atomic E-state index is 5.57. The average molecular weight is 229 g/mol. The van der Waals surface area contributed by atoms with Gasteiger partial charge in [-0.25, -0.2) is 0 Å². The summed E-state index contributed by atoms with van der Waals surface area (Å²) < 4.78 is 5.57. The highest BCUT2D eigenvalue weighted by atomic mass is 32.2. The van der Waals surface area contributed by atoms with Crippen molar-refractivity contribution in [1.29, 1.82) is 0 Å². The Labute approximate surface area is 95.2 Å². The Kier molecular flexibility index (Phi) is 5.71. The molecule has 0 aliphatic rings. The molecule has 0 aromatic carbocycles. The minimum Gasteiger partial charge on any atom is -0.423 e. The first-order chi connectivity index (χ1) is 7.31. The third-order valence-corrected chi connectivity index (χ3v) is 2.63. The van der Waals surface area contributed by atoms with Crippen LogP contribution < -0.4 is 5.32 Å². The monoisotopic (exact) mass is 229 g/mol. The van der Waals surface area contributed by atoms with Gasteiger partial charge in [0.1, 0.15) is 0 Å². The van der Waals surface area contributed by atoms with Crippen LogP contribution in [0.25, 0.3) is 0 Å². The third kappa shape index (κ3) is 3.83. The van der Waals surface area contributed by atoms with E-state index in [4.69, 9.17) is 4.42 Å². The molecule has 1 unspecified atom stereocenters. The molecule has 1 N–H and O–H groups in total. The fraction of sp³-hybridized carbons (Fsp3) is 0.800. The van der Waals surface area contributed by atoms with Crippen LogP contribution in [-0.4, -0.2) is 23.0 Å². The molecule has 0 aliphatic carbocycles. The van der Waals surface area contributed by atoms with Crippen LogP contribution in [0.1, 0.15) is 44.5 Å². The van der Waals surface area contributed by atoms with Crippen molar-refractivity contribution in [2.45, 2.75) is 38.5 Å². The second-order valence-corrected chi connectivity index (χ2v) is 4.25. The minimum absolute atomic E-state index is 0.202. The van der Waals surface area contributed by atoms with E-state index in [9.17, 15) is 0 Å². The molecule has 5 heteroatoms. The summed E-state index contributed by atoms with van der Waals surface area (Å²) in [5.74, 6) is 2.22. The zero-order valence-corrected chi connectivity index (χ0v) is 10.4. The van der Waals surface area contributed by atoms with Gasteiger partial charge in [0, 0.05) is 0 Å². The number of hydrogen-bond acceptors (Lipinski definition) is 5. The van der Waals surface area contributed by atoms with Crippen molar-refractivity contribution in [3.05, 3.63) is 11.8 Å². The Morgan fingerprint density at radius 3 is 2.80 bits per heavy atom. The van der Waals surface area contributed by atoms with Gasteiger partial charge in [-0.15, -0.1) is 10.2 Å². The Morgan fingerprint density at radius 2 is 2.20 bits per heavy atom. The third-order valence-electron chi connectivity index (χ3n) is 2.10. The summed E-state index contributed by atoms with van der Waals surface area (Å²) in [6.45, 7) is 5.25. The van der Waals surface area contributed by atoms with E-state index in [-0.39, 0.29) is 6.04 Å². The lowest BCUT2D eigenvalue weighted by atomic mass is 10.2. The van der Waals surface area contributed by atoms with E-state index in [1.54, 1.807) is 11.8 Å². The maximum Gasteiger partial charge on any atom is 0.233 e. The van der Waals surface area contributed by atoms with Gasteiger partial charge in [-0.1, -0.05) is 13.8 Å². The molecule has 0 radical (unpaired) electrons. The van der Waals surface area contributed by atoms with Crippen LogP contribution in [0.15, 0.2) is 4.42 Å². The molecule has 0 bridgehead atoms. The molecule has 0 amide bonds. The number of nitrogens with zero attached hydrogens (tertiary/aromatic N) is 2. The molecule has 0 aliphatic heterocycles. The van der Waals surface area contributed by atoms with Gasteiger partial charge >= 0.3 is 0 Å². The van der Waals surface area contributed by atoms with Crippen LogP contribution in [0.3, 0.4) is 0 Å². The highest BCUT2D eigenvalue weighted by Gasteiger charge is 2.15. The molecule has 0 fully saturated rings. The maximum atomic E-state index is 5.57. The Morgan fingerprint density at radius 1 is 1.40 bits per heavy atom. The van der Waals surface area contributed by atoms with Crippen molar-refractivity contribution in [3.8, 4) is 0 Å². The lowest BCUT2D eigenvalue weighted by molar-refractivity contribution is 0.379. The molecular formula is C10H19N3OS. The van der Waals surface area contributed by atoms with E-state index in [1.165, 1.54) is 0 Å². The van der Waals surface area contributed by atoms with Gasteiger partial charge in [-0.05, 0) is 25.6 Å². The van der Waals surface area contributed by atoms with Crippen molar-refractivity contribution in [2.75, 3.05) is 12.8 Å². The molecule has 15 heavy (non-hydrogen) atoms. The molecule has 0 spiro atoms. The number of rotatable bonds is 7. The zero-order chi connectivity index (χ0) is 11.1. The van der Waals surface area contributed by atoms with Crippen LogP contribution in [0.2, 0.25) is 0 Å². The first-order valence-electron chi connectivity index (χ1n) is 5.36. The summed E-state index contributed by atoms with van der Waals surface area (Å²) >= 11 is 1.69. The number of thioether (sulfide) groups is 1. The predicted molar refractivity (Wildman–Crippen MR) is 62.8 cm³/mol. The van der Waals surface area contributed by atoms with Crippen molar-refractivity contribution < 1.29 is 4.42 Å². The molecule has 0 saturated carbocycles. The summed E-state index contributed by atoms with van der Waals surface area (Å²) in [5, 5.41) is 11.5. The smallest absolute Gasteiger partial charge is 0.233 e. The summed E-state index contributed by atoms with van der Waals surface area (Å²) in [6, 6.07) is 0.202. The Hall–Kier alpha value is -0.550. The van der Waals surface area contributed by atoms with E-state index in [2.05, 4.69) is 29.4 Å². The fourth-order valence-corrected chi connectivity index (χ4v) is 1.68. The molecule has 0 saturated heterocycles. The molecule has 1 rings (SSSR count). The first kappa shape index (κ1) is 12.5. The second kappa shape index (κ2) is 6.85. The summed E-state index contributed by atoms with van der Waals surface area (Å²) in [5.41, 5.74) is 0. The van der Waals surface area contributed by atoms with Crippen molar-refractivity contribution >= 4 is 11.8 Å². The summed E-state index contributed by atoms with van der Waals surface area (Å²) in [4.78, 5) is 0. The highest BCUT2D eigenvalue weighted by Crippen LogP contribution is 2.16. The number of aromatic nitrogens is 2. The van der Waals surface area contributed by atoms with Gasteiger partial charge in [0.2, 0.25) is 11.8 Å². The van der Waals surface area contributed by atoms with Crippen LogP contribution >= 0.6 is 11.8 Å². The first-order valence-corrected chi connectivity index (χ1v) is 6.75. The molecule has 86 valence electrons. The van der Waals surface area contributed by atoms with Crippen LogP contribution in [0.5, 0.6) is 0 Å². The Bertz CT molecular complexity index is 277. The van der Waals surface area contributed by atoms with Gasteiger partial charge in [0.25, 0.3) is 0 Å². The molecular weight excluding hydrogens is 210 g/mol. The molecule has 1 aromatic rings. The molecule has 1 atom stereocenters. The lowest BCUT2D eigenvalue weighted by Gasteiger charge is -2.11. The van der Waals surface area contributed by atoms with E-state index in [1.807, 2.05) is 6.26 Å². The molecule has 4 nitrogen and oxygen atoms in total. The van der Waals surface area contributed by atoms with Crippen molar-refractivity contribution in [1.82, 2.24) is 15.5 Å². The van der Waals surface area contributed by atoms with Gasteiger partial charge in [-0.2, -0.15) is 11.8 Å². The van der Waals surface area contributed by atoms with Gasteiger partial charge in [0.05, 0.1) is 11.8 Å². The van der Waals surface area contributed by atoms with E-state index in [0.717, 1.165) is 31.0 Å². The van der Waals surface area contributed by atoms with Gasteiger partial charge in [0.15, 0.2) is 0 Å². The fourth-order valence-electron chi connectivity index (χ4n) is 1.31. The SMILES string of the molecule is CCCNC(CC)c1nnc(CSC)o1. The van der Waals surface area contributed by atoms with E-state index < -0.39 is 0 Å². The minimum atomic E-state index is 0.202.